The molecule has 1 aliphatic rings. The van der Waals surface area contributed by atoms with Crippen molar-refractivity contribution in [3.63, 3.8) is 0 Å². The minimum Gasteiger partial charge on any atom is -0.327 e. The summed E-state index contributed by atoms with van der Waals surface area (Å²) in [7, 11) is 0. The number of aromatic nitrogens is 1. The van der Waals surface area contributed by atoms with Gasteiger partial charge in [0.2, 0.25) is 0 Å². The molecule has 1 aromatic heterocycles. The SMILES string of the molecule is Cc1nc(CC(N)C2CCCc3ccccc32)sc1C. The van der Waals surface area contributed by atoms with E-state index >= 15 is 0 Å². The summed E-state index contributed by atoms with van der Waals surface area (Å²) in [5, 5.41) is 1.19. The second-order valence-corrected chi connectivity index (χ2v) is 7.10. The van der Waals surface area contributed by atoms with Gasteiger partial charge in [-0.05, 0) is 50.2 Å². The molecule has 1 heterocycles. The first-order valence-electron chi connectivity index (χ1n) is 7.41. The van der Waals surface area contributed by atoms with Crippen molar-refractivity contribution in [1.82, 2.24) is 4.98 Å². The Balaban J connectivity index is 1.79. The number of thiazole rings is 1. The molecule has 1 aliphatic carbocycles. The van der Waals surface area contributed by atoms with Gasteiger partial charge in [-0.2, -0.15) is 0 Å². The van der Waals surface area contributed by atoms with Crippen molar-refractivity contribution in [1.29, 1.82) is 0 Å². The van der Waals surface area contributed by atoms with Crippen LogP contribution in [0.4, 0.5) is 0 Å². The molecule has 2 atom stereocenters. The summed E-state index contributed by atoms with van der Waals surface area (Å²) in [5.74, 6) is 0.490. The number of hydrogen-bond donors (Lipinski definition) is 1. The van der Waals surface area contributed by atoms with E-state index in [2.05, 4.69) is 43.1 Å². The molecule has 0 radical (unpaired) electrons. The second-order valence-electron chi connectivity index (χ2n) is 5.81. The average Bonchev–Trinajstić information content (AvgIpc) is 2.76. The molecule has 2 aromatic rings. The van der Waals surface area contributed by atoms with Crippen LogP contribution in [0.3, 0.4) is 0 Å². The molecule has 0 aliphatic heterocycles. The Morgan fingerprint density at radius 1 is 1.35 bits per heavy atom. The molecular formula is C17H22N2S. The van der Waals surface area contributed by atoms with E-state index in [4.69, 9.17) is 5.73 Å². The molecule has 0 saturated carbocycles. The predicted octanol–water partition coefficient (Wildman–Crippen LogP) is 3.75. The van der Waals surface area contributed by atoms with Crippen LogP contribution in [0.2, 0.25) is 0 Å². The highest BCUT2D eigenvalue weighted by atomic mass is 32.1. The van der Waals surface area contributed by atoms with E-state index in [0.29, 0.717) is 5.92 Å². The van der Waals surface area contributed by atoms with E-state index in [1.165, 1.54) is 40.3 Å². The van der Waals surface area contributed by atoms with Gasteiger partial charge in [0.1, 0.15) is 0 Å². The number of nitrogens with two attached hydrogens (primary N) is 1. The third kappa shape index (κ3) is 2.65. The fourth-order valence-corrected chi connectivity index (χ4v) is 4.21. The Kier molecular flexibility index (Phi) is 3.90. The zero-order valence-electron chi connectivity index (χ0n) is 12.2. The normalized spacial score (nSPS) is 19.6. The van der Waals surface area contributed by atoms with Crippen LogP contribution in [0.1, 0.15) is 45.5 Å². The van der Waals surface area contributed by atoms with Crippen molar-refractivity contribution in [2.24, 2.45) is 5.73 Å². The Bertz CT molecular complexity index is 583. The quantitative estimate of drug-likeness (QED) is 0.933. The van der Waals surface area contributed by atoms with Crippen LogP contribution in [0, 0.1) is 13.8 Å². The lowest BCUT2D eigenvalue weighted by Gasteiger charge is -2.29. The first-order valence-corrected chi connectivity index (χ1v) is 8.23. The van der Waals surface area contributed by atoms with Gasteiger partial charge < -0.3 is 5.73 Å². The summed E-state index contributed by atoms with van der Waals surface area (Å²) < 4.78 is 0. The van der Waals surface area contributed by atoms with Crippen LogP contribution in [-0.2, 0) is 12.8 Å². The fourth-order valence-electron chi connectivity index (χ4n) is 3.21. The van der Waals surface area contributed by atoms with Gasteiger partial charge in [0.05, 0.1) is 10.7 Å². The minimum absolute atomic E-state index is 0.182. The smallest absolute Gasteiger partial charge is 0.0946 e. The van der Waals surface area contributed by atoms with Gasteiger partial charge in [0, 0.05) is 17.3 Å². The molecule has 2 N–H and O–H groups in total. The first kappa shape index (κ1) is 13.8. The lowest BCUT2D eigenvalue weighted by molar-refractivity contribution is 0.459. The summed E-state index contributed by atoms with van der Waals surface area (Å²) in [6, 6.07) is 8.98. The van der Waals surface area contributed by atoms with E-state index in [9.17, 15) is 0 Å². The summed E-state index contributed by atoms with van der Waals surface area (Å²) in [4.78, 5) is 5.96. The highest BCUT2D eigenvalue weighted by molar-refractivity contribution is 7.11. The van der Waals surface area contributed by atoms with Gasteiger partial charge >= 0.3 is 0 Å². The first-order chi connectivity index (χ1) is 9.65. The summed E-state index contributed by atoms with van der Waals surface area (Å²) in [5.41, 5.74) is 10.6. The molecule has 0 fully saturated rings. The van der Waals surface area contributed by atoms with Crippen molar-refractivity contribution in [2.45, 2.75) is 51.5 Å². The van der Waals surface area contributed by atoms with Crippen molar-refractivity contribution in [2.75, 3.05) is 0 Å². The molecule has 0 saturated heterocycles. The monoisotopic (exact) mass is 286 g/mol. The second kappa shape index (κ2) is 5.66. The number of fused-ring (bicyclic) bond motifs is 1. The molecule has 0 bridgehead atoms. The van der Waals surface area contributed by atoms with Crippen LogP contribution in [0.25, 0.3) is 0 Å². The topological polar surface area (TPSA) is 38.9 Å². The van der Waals surface area contributed by atoms with Crippen molar-refractivity contribution >= 4 is 11.3 Å². The molecule has 0 amide bonds. The van der Waals surface area contributed by atoms with Crippen LogP contribution >= 0.6 is 11.3 Å². The van der Waals surface area contributed by atoms with Gasteiger partial charge in [0.15, 0.2) is 0 Å². The zero-order valence-corrected chi connectivity index (χ0v) is 13.0. The Labute approximate surface area is 125 Å². The molecule has 0 spiro atoms. The predicted molar refractivity (Wildman–Crippen MR) is 85.4 cm³/mol. The van der Waals surface area contributed by atoms with Crippen molar-refractivity contribution < 1.29 is 0 Å². The third-order valence-electron chi connectivity index (χ3n) is 4.42. The number of hydrogen-bond acceptors (Lipinski definition) is 3. The Morgan fingerprint density at radius 3 is 2.90 bits per heavy atom. The van der Waals surface area contributed by atoms with Crippen LogP contribution in [0.5, 0.6) is 0 Å². The van der Waals surface area contributed by atoms with Gasteiger partial charge in [-0.25, -0.2) is 4.98 Å². The molecule has 20 heavy (non-hydrogen) atoms. The average molecular weight is 286 g/mol. The van der Waals surface area contributed by atoms with Gasteiger partial charge in [0.25, 0.3) is 0 Å². The maximum absolute atomic E-state index is 6.52. The highest BCUT2D eigenvalue weighted by Gasteiger charge is 2.26. The lowest BCUT2D eigenvalue weighted by atomic mass is 9.78. The van der Waals surface area contributed by atoms with E-state index in [1.807, 2.05) is 0 Å². The van der Waals surface area contributed by atoms with Crippen molar-refractivity contribution in [3.05, 3.63) is 51.0 Å². The number of rotatable bonds is 3. The fraction of sp³-hybridized carbons (Fsp3) is 0.471. The van der Waals surface area contributed by atoms with Gasteiger partial charge in [-0.1, -0.05) is 24.3 Å². The van der Waals surface area contributed by atoms with Gasteiger partial charge in [-0.15, -0.1) is 11.3 Å². The third-order valence-corrected chi connectivity index (χ3v) is 5.51. The minimum atomic E-state index is 0.182. The molecule has 1 aromatic carbocycles. The largest absolute Gasteiger partial charge is 0.327 e. The summed E-state index contributed by atoms with van der Waals surface area (Å²) in [6.45, 7) is 4.22. The summed E-state index contributed by atoms with van der Waals surface area (Å²) >= 11 is 1.80. The van der Waals surface area contributed by atoms with Crippen LogP contribution in [-0.4, -0.2) is 11.0 Å². The lowest BCUT2D eigenvalue weighted by Crippen LogP contribution is -2.33. The molecular weight excluding hydrogens is 264 g/mol. The molecule has 3 rings (SSSR count). The number of benzene rings is 1. The Hall–Kier alpha value is -1.19. The van der Waals surface area contributed by atoms with Crippen molar-refractivity contribution in [3.8, 4) is 0 Å². The van der Waals surface area contributed by atoms with E-state index in [0.717, 1.165) is 12.1 Å². The van der Waals surface area contributed by atoms with E-state index in [1.54, 1.807) is 11.3 Å². The van der Waals surface area contributed by atoms with Crippen LogP contribution in [0.15, 0.2) is 24.3 Å². The molecule has 106 valence electrons. The van der Waals surface area contributed by atoms with E-state index < -0.39 is 0 Å². The maximum Gasteiger partial charge on any atom is 0.0946 e. The summed E-state index contributed by atoms with van der Waals surface area (Å²) in [6.07, 6.45) is 4.57. The zero-order chi connectivity index (χ0) is 14.1. The molecule has 2 nitrogen and oxygen atoms in total. The molecule has 2 unspecified atom stereocenters. The standard InChI is InChI=1S/C17H22N2S/c1-11-12(2)20-17(19-11)10-16(18)15-9-5-7-13-6-3-4-8-14(13)15/h3-4,6,8,15-16H,5,7,9-10,18H2,1-2H3. The maximum atomic E-state index is 6.52. The number of nitrogens with zero attached hydrogens (tertiary/aromatic N) is 1. The number of aryl methyl sites for hydroxylation is 3. The molecule has 3 heteroatoms. The highest BCUT2D eigenvalue weighted by Crippen LogP contribution is 2.34. The Morgan fingerprint density at radius 2 is 2.15 bits per heavy atom. The van der Waals surface area contributed by atoms with Crippen LogP contribution < -0.4 is 5.73 Å². The van der Waals surface area contributed by atoms with Gasteiger partial charge in [-0.3, -0.25) is 0 Å². The van der Waals surface area contributed by atoms with E-state index in [-0.39, 0.29) is 6.04 Å².